The number of fused-ring (bicyclic) bond motifs is 1. The van der Waals surface area contributed by atoms with Crippen LogP contribution in [-0.4, -0.2) is 19.2 Å². The van der Waals surface area contributed by atoms with Crippen molar-refractivity contribution in [2.24, 2.45) is 11.8 Å². The van der Waals surface area contributed by atoms with E-state index in [1.54, 1.807) is 6.07 Å². The van der Waals surface area contributed by atoms with Crippen molar-refractivity contribution in [1.82, 2.24) is 0 Å². The molecule has 2 aromatic carbocycles. The Labute approximate surface area is 137 Å². The number of ether oxygens (including phenoxy) is 2. The molecule has 3 heteroatoms. The minimum absolute atomic E-state index is 0.306. The van der Waals surface area contributed by atoms with Gasteiger partial charge in [0.25, 0.3) is 0 Å². The second-order valence-corrected chi connectivity index (χ2v) is 6.87. The van der Waals surface area contributed by atoms with Crippen LogP contribution in [0.4, 0.5) is 0 Å². The van der Waals surface area contributed by atoms with Gasteiger partial charge >= 0.3 is 5.97 Å². The average Bonchev–Trinajstić information content (AvgIpc) is 2.52. The van der Waals surface area contributed by atoms with Crippen LogP contribution >= 0.6 is 0 Å². The molecular formula is C20H24O3. The second-order valence-electron chi connectivity index (χ2n) is 6.87. The van der Waals surface area contributed by atoms with E-state index in [-0.39, 0.29) is 5.97 Å². The first-order valence-electron chi connectivity index (χ1n) is 8.34. The van der Waals surface area contributed by atoms with Gasteiger partial charge in [0.05, 0.1) is 18.8 Å². The molecule has 0 heterocycles. The van der Waals surface area contributed by atoms with Crippen molar-refractivity contribution in [1.29, 1.82) is 0 Å². The lowest BCUT2D eigenvalue weighted by molar-refractivity contribution is 0.0601. The standard InChI is InChI=1S/C20H24O3/c1-13-8-14(2)10-19(9-13)23-18-7-6-15-11-17(20(21)22-3)5-4-16(15)12-18/h4-7,11-14,19H,8-10H2,1-3H3. The molecule has 0 amide bonds. The predicted molar refractivity (Wildman–Crippen MR) is 91.9 cm³/mol. The number of benzene rings is 2. The van der Waals surface area contributed by atoms with Gasteiger partial charge in [-0.1, -0.05) is 26.0 Å². The number of carbonyl (C=O) groups excluding carboxylic acids is 1. The Bertz CT molecular complexity index is 697. The number of methoxy groups -OCH3 is 1. The van der Waals surface area contributed by atoms with Gasteiger partial charge in [-0.2, -0.15) is 0 Å². The molecule has 0 bridgehead atoms. The predicted octanol–water partition coefficient (Wildman–Crippen LogP) is 4.83. The number of esters is 1. The summed E-state index contributed by atoms with van der Waals surface area (Å²) in [7, 11) is 1.40. The largest absolute Gasteiger partial charge is 0.490 e. The molecular weight excluding hydrogens is 288 g/mol. The Balaban J connectivity index is 1.79. The highest BCUT2D eigenvalue weighted by atomic mass is 16.5. The average molecular weight is 312 g/mol. The molecule has 1 fully saturated rings. The van der Waals surface area contributed by atoms with Crippen molar-refractivity contribution in [3.05, 3.63) is 42.0 Å². The van der Waals surface area contributed by atoms with Crippen molar-refractivity contribution >= 4 is 16.7 Å². The van der Waals surface area contributed by atoms with Crippen molar-refractivity contribution < 1.29 is 14.3 Å². The quantitative estimate of drug-likeness (QED) is 0.761. The van der Waals surface area contributed by atoms with E-state index < -0.39 is 0 Å². The third kappa shape index (κ3) is 3.66. The SMILES string of the molecule is COC(=O)c1ccc2cc(OC3CC(C)CC(C)C3)ccc2c1. The molecule has 2 aromatic rings. The van der Waals surface area contributed by atoms with Gasteiger partial charge in [-0.15, -0.1) is 0 Å². The van der Waals surface area contributed by atoms with Crippen LogP contribution in [0.3, 0.4) is 0 Å². The second kappa shape index (κ2) is 6.61. The zero-order chi connectivity index (χ0) is 16.4. The first kappa shape index (κ1) is 15.9. The first-order valence-corrected chi connectivity index (χ1v) is 8.34. The van der Waals surface area contributed by atoms with E-state index in [1.807, 2.05) is 24.3 Å². The van der Waals surface area contributed by atoms with E-state index in [0.717, 1.165) is 41.2 Å². The van der Waals surface area contributed by atoms with Gasteiger partial charge in [-0.25, -0.2) is 4.79 Å². The van der Waals surface area contributed by atoms with Gasteiger partial charge in [0.15, 0.2) is 0 Å². The highest BCUT2D eigenvalue weighted by Gasteiger charge is 2.25. The molecule has 0 aromatic heterocycles. The normalized spacial score (nSPS) is 24.4. The summed E-state index contributed by atoms with van der Waals surface area (Å²) in [6.07, 6.45) is 3.86. The molecule has 0 radical (unpaired) electrons. The number of carbonyl (C=O) groups is 1. The van der Waals surface area contributed by atoms with Crippen LogP contribution in [0.25, 0.3) is 10.8 Å². The Morgan fingerprint density at radius 1 is 0.957 bits per heavy atom. The summed E-state index contributed by atoms with van der Waals surface area (Å²) in [5.74, 6) is 2.06. The van der Waals surface area contributed by atoms with Crippen molar-refractivity contribution in [2.75, 3.05) is 7.11 Å². The van der Waals surface area contributed by atoms with E-state index in [0.29, 0.717) is 11.7 Å². The molecule has 23 heavy (non-hydrogen) atoms. The maximum absolute atomic E-state index is 11.6. The number of rotatable bonds is 3. The summed E-state index contributed by atoms with van der Waals surface area (Å²) >= 11 is 0. The molecule has 122 valence electrons. The summed E-state index contributed by atoms with van der Waals surface area (Å²) in [6, 6.07) is 11.7. The molecule has 0 saturated heterocycles. The van der Waals surface area contributed by atoms with Crippen LogP contribution in [0.15, 0.2) is 36.4 Å². The molecule has 0 N–H and O–H groups in total. The van der Waals surface area contributed by atoms with Crippen molar-refractivity contribution in [3.63, 3.8) is 0 Å². The zero-order valence-corrected chi connectivity index (χ0v) is 14.0. The maximum atomic E-state index is 11.6. The van der Waals surface area contributed by atoms with E-state index in [1.165, 1.54) is 13.5 Å². The Hall–Kier alpha value is -2.03. The number of hydrogen-bond donors (Lipinski definition) is 0. The van der Waals surface area contributed by atoms with Gasteiger partial charge in [-0.3, -0.25) is 0 Å². The molecule has 3 rings (SSSR count). The van der Waals surface area contributed by atoms with Crippen LogP contribution in [-0.2, 0) is 4.74 Å². The maximum Gasteiger partial charge on any atom is 0.337 e. The Kier molecular flexibility index (Phi) is 4.56. The Morgan fingerprint density at radius 2 is 1.61 bits per heavy atom. The fourth-order valence-corrected chi connectivity index (χ4v) is 3.70. The summed E-state index contributed by atoms with van der Waals surface area (Å²) in [6.45, 7) is 4.61. The van der Waals surface area contributed by atoms with Crippen molar-refractivity contribution in [3.8, 4) is 5.75 Å². The fourth-order valence-electron chi connectivity index (χ4n) is 3.70. The topological polar surface area (TPSA) is 35.5 Å². The first-order chi connectivity index (χ1) is 11.0. The van der Waals surface area contributed by atoms with Crippen LogP contribution < -0.4 is 4.74 Å². The van der Waals surface area contributed by atoms with Gasteiger partial charge in [0.1, 0.15) is 5.75 Å². The highest BCUT2D eigenvalue weighted by Crippen LogP contribution is 2.32. The smallest absolute Gasteiger partial charge is 0.337 e. The molecule has 1 saturated carbocycles. The van der Waals surface area contributed by atoms with E-state index in [9.17, 15) is 4.79 Å². The summed E-state index contributed by atoms with van der Waals surface area (Å²) in [5.41, 5.74) is 0.573. The van der Waals surface area contributed by atoms with Crippen LogP contribution in [0, 0.1) is 11.8 Å². The van der Waals surface area contributed by atoms with Gasteiger partial charge in [0.2, 0.25) is 0 Å². The lowest BCUT2D eigenvalue weighted by Gasteiger charge is -2.31. The number of hydrogen-bond acceptors (Lipinski definition) is 3. The highest BCUT2D eigenvalue weighted by molar-refractivity contribution is 5.95. The summed E-state index contributed by atoms with van der Waals surface area (Å²) < 4.78 is 11.0. The minimum Gasteiger partial charge on any atom is -0.490 e. The van der Waals surface area contributed by atoms with E-state index in [2.05, 4.69) is 19.9 Å². The van der Waals surface area contributed by atoms with Gasteiger partial charge in [0, 0.05) is 0 Å². The third-order valence-electron chi connectivity index (χ3n) is 4.67. The molecule has 1 aliphatic carbocycles. The molecule has 2 unspecified atom stereocenters. The summed E-state index contributed by atoms with van der Waals surface area (Å²) in [5, 5.41) is 2.10. The molecule has 0 aliphatic heterocycles. The molecule has 0 spiro atoms. The van der Waals surface area contributed by atoms with E-state index in [4.69, 9.17) is 9.47 Å². The third-order valence-corrected chi connectivity index (χ3v) is 4.67. The zero-order valence-electron chi connectivity index (χ0n) is 14.0. The van der Waals surface area contributed by atoms with Gasteiger partial charge in [-0.05, 0) is 66.1 Å². The Morgan fingerprint density at radius 3 is 2.30 bits per heavy atom. The lowest BCUT2D eigenvalue weighted by Crippen LogP contribution is -2.28. The van der Waals surface area contributed by atoms with Crippen LogP contribution in [0.2, 0.25) is 0 Å². The fraction of sp³-hybridized carbons (Fsp3) is 0.450. The van der Waals surface area contributed by atoms with E-state index >= 15 is 0 Å². The van der Waals surface area contributed by atoms with Crippen molar-refractivity contribution in [2.45, 2.75) is 39.2 Å². The summed E-state index contributed by atoms with van der Waals surface area (Å²) in [4.78, 5) is 11.6. The lowest BCUT2D eigenvalue weighted by atomic mass is 9.82. The molecule has 2 atom stereocenters. The van der Waals surface area contributed by atoms with Gasteiger partial charge < -0.3 is 9.47 Å². The molecule has 3 nitrogen and oxygen atoms in total. The molecule has 1 aliphatic rings. The minimum atomic E-state index is -0.308. The monoisotopic (exact) mass is 312 g/mol. The van der Waals surface area contributed by atoms with Crippen LogP contribution in [0.1, 0.15) is 43.5 Å². The van der Waals surface area contributed by atoms with Crippen LogP contribution in [0.5, 0.6) is 5.75 Å².